The van der Waals surface area contributed by atoms with Gasteiger partial charge in [0.1, 0.15) is 17.2 Å². The second-order valence-electron chi connectivity index (χ2n) is 29.0. The molecular formula is C79H105N9O10. The van der Waals surface area contributed by atoms with Crippen LogP contribution in [0.2, 0.25) is 0 Å². The lowest BCUT2D eigenvalue weighted by molar-refractivity contribution is -0.134. The number of hydrogen-bond acceptors (Lipinski definition) is 17. The van der Waals surface area contributed by atoms with Crippen molar-refractivity contribution in [3.8, 4) is 17.2 Å². The Morgan fingerprint density at radius 1 is 0.439 bits per heavy atom. The fraction of sp³-hybridized carbons (Fsp3) is 0.532. The average Bonchev–Trinajstić information content (AvgIpc) is 1.65. The number of carboxylic acids is 2. The number of hydrogen-bond donors (Lipinski definition) is 3. The molecule has 3 N–H and O–H groups in total. The molecule has 6 heterocycles. The van der Waals surface area contributed by atoms with Crippen LogP contribution >= 0.6 is 0 Å². The number of aromatic nitrogens is 3. The van der Waals surface area contributed by atoms with Crippen LogP contribution in [0.5, 0.6) is 17.2 Å². The number of aliphatic carboxylic acids is 2. The minimum atomic E-state index is -1.26. The first-order valence-corrected chi connectivity index (χ1v) is 36.1. The molecule has 0 atom stereocenters. The highest BCUT2D eigenvalue weighted by Crippen LogP contribution is 2.39. The molecule has 3 aliphatic carbocycles. The molecule has 8 aromatic rings. The minimum absolute atomic E-state index is 0.558. The Morgan fingerprint density at radius 2 is 0.745 bits per heavy atom. The summed E-state index contributed by atoms with van der Waals surface area (Å²) in [4.78, 5) is 30.6. The average molecular weight is 1340 g/mol. The zero-order valence-corrected chi connectivity index (χ0v) is 58.8. The molecule has 3 aromatic heterocycles. The summed E-state index contributed by atoms with van der Waals surface area (Å²) in [5.41, 5.74) is 12.1. The van der Waals surface area contributed by atoms with Gasteiger partial charge in [-0.25, -0.2) is 9.59 Å². The molecule has 3 aliphatic heterocycles. The number of benzene rings is 5. The first-order chi connectivity index (χ1) is 47.7. The number of aryl methyl sites for hydroxylation is 3. The fourth-order valence-corrected chi connectivity index (χ4v) is 13.7. The van der Waals surface area contributed by atoms with E-state index in [2.05, 4.69) is 185 Å². The standard InChI is InChI=1S/2C27H35N3O2.C21H31N3O2.C4H4O4/c2*1-29(2)18-24-26(31-19-21-8-9-21)13-11-23-25(28-32-27(23)24)12-10-20-14-16-30(17-15-20)22-6-4-3-5-7-22;1-24(2)13-18-20(25-14-16-3-4-16)8-6-17-19(23-26-21(17)18)7-5-15-9-11-22-12-10-15;5-3(6)1-2-4(7)8/h2*3-7,11,13,20-21H,8-10,12,14-19H2,1-2H3;6,8,15-16,22H,3-5,7,9-14H2,1-2H3;1-2H,(H,5,6)(H,7,8)/b;;;2-1+. The van der Waals surface area contributed by atoms with Crippen LogP contribution in [-0.4, -0.2) is 154 Å². The van der Waals surface area contributed by atoms with Crippen LogP contribution in [0.4, 0.5) is 11.4 Å². The van der Waals surface area contributed by atoms with Gasteiger partial charge in [0, 0.05) is 85.5 Å². The van der Waals surface area contributed by atoms with E-state index in [-0.39, 0.29) is 0 Å². The Labute approximate surface area is 578 Å². The Balaban J connectivity index is 0.000000141. The molecule has 6 fully saturated rings. The highest BCUT2D eigenvalue weighted by molar-refractivity contribution is 5.90. The molecule has 0 radical (unpaired) electrons. The van der Waals surface area contributed by atoms with Crippen molar-refractivity contribution in [3.05, 3.63) is 143 Å². The van der Waals surface area contributed by atoms with Crippen molar-refractivity contribution >= 4 is 56.2 Å². The molecule has 3 saturated heterocycles. The molecule has 3 saturated carbocycles. The second-order valence-corrected chi connectivity index (χ2v) is 29.0. The SMILES string of the molecule is CN(C)Cc1c(OCC2CC2)ccc2c(CCC3CCN(c4ccccc4)CC3)noc12.CN(C)Cc1c(OCC2CC2)ccc2c(CCC3CCN(c4ccccc4)CC3)noc12.CN(C)Cc1c(OCC2CC2)ccc2c(CCC3CCNCC3)noc12.O=C(O)/C=C/C(=O)O. The molecule has 5 aromatic carbocycles. The molecule has 0 amide bonds. The number of fused-ring (bicyclic) bond motifs is 3. The number of nitrogens with zero attached hydrogens (tertiary/aromatic N) is 8. The van der Waals surface area contributed by atoms with Gasteiger partial charge in [0.2, 0.25) is 0 Å². The molecule has 6 aliphatic rings. The highest BCUT2D eigenvalue weighted by atomic mass is 16.5. The van der Waals surface area contributed by atoms with Crippen LogP contribution in [0, 0.1) is 35.5 Å². The lowest BCUT2D eigenvalue weighted by Gasteiger charge is -2.33. The maximum atomic E-state index is 9.55. The van der Waals surface area contributed by atoms with E-state index < -0.39 is 11.9 Å². The van der Waals surface area contributed by atoms with E-state index in [0.29, 0.717) is 12.2 Å². The largest absolute Gasteiger partial charge is 0.493 e. The summed E-state index contributed by atoms with van der Waals surface area (Å²) < 4.78 is 36.0. The van der Waals surface area contributed by atoms with Gasteiger partial charge in [0.15, 0.2) is 16.7 Å². The summed E-state index contributed by atoms with van der Waals surface area (Å²) in [6.45, 7) is 11.7. The summed E-state index contributed by atoms with van der Waals surface area (Å²) in [6.07, 6.45) is 22.9. The molecule has 19 heteroatoms. The Morgan fingerprint density at radius 3 is 1.03 bits per heavy atom. The van der Waals surface area contributed by atoms with E-state index in [1.165, 1.54) is 108 Å². The predicted octanol–water partition coefficient (Wildman–Crippen LogP) is 14.4. The molecule has 98 heavy (non-hydrogen) atoms. The molecule has 0 bridgehead atoms. The van der Waals surface area contributed by atoms with Crippen LogP contribution in [-0.2, 0) is 48.5 Å². The van der Waals surface area contributed by atoms with E-state index in [0.717, 1.165) is 217 Å². The summed E-state index contributed by atoms with van der Waals surface area (Å²) in [6, 6.07) is 34.4. The molecular weight excluding hydrogens is 1230 g/mol. The minimum Gasteiger partial charge on any atom is -0.493 e. The van der Waals surface area contributed by atoms with Gasteiger partial charge >= 0.3 is 11.9 Å². The van der Waals surface area contributed by atoms with Crippen molar-refractivity contribution in [1.29, 1.82) is 0 Å². The Bertz CT molecular complexity index is 3630. The van der Waals surface area contributed by atoms with Gasteiger partial charge in [0.05, 0.1) is 53.6 Å². The van der Waals surface area contributed by atoms with Crippen LogP contribution < -0.4 is 29.3 Å². The van der Waals surface area contributed by atoms with Crippen molar-refractivity contribution in [2.24, 2.45) is 35.5 Å². The van der Waals surface area contributed by atoms with Gasteiger partial charge in [-0.2, -0.15) is 0 Å². The Hall–Kier alpha value is -7.97. The molecule has 19 nitrogen and oxygen atoms in total. The number of para-hydroxylation sites is 2. The number of carboxylic acid groups (broad SMARTS) is 2. The number of anilines is 2. The van der Waals surface area contributed by atoms with Crippen LogP contribution in [0.1, 0.15) is 130 Å². The van der Waals surface area contributed by atoms with Gasteiger partial charge in [-0.1, -0.05) is 51.9 Å². The van der Waals surface area contributed by atoms with Gasteiger partial charge in [-0.05, 0) is 267 Å². The van der Waals surface area contributed by atoms with Crippen LogP contribution in [0.3, 0.4) is 0 Å². The maximum absolute atomic E-state index is 9.55. The monoisotopic (exact) mass is 1340 g/mol. The van der Waals surface area contributed by atoms with Crippen molar-refractivity contribution in [1.82, 2.24) is 35.5 Å². The van der Waals surface area contributed by atoms with Crippen molar-refractivity contribution in [2.75, 3.05) is 111 Å². The summed E-state index contributed by atoms with van der Waals surface area (Å²) in [5, 5.41) is 36.0. The number of nitrogens with one attached hydrogen (secondary N) is 1. The van der Waals surface area contributed by atoms with Crippen LogP contribution in [0.15, 0.2) is 123 Å². The smallest absolute Gasteiger partial charge is 0.328 e. The fourth-order valence-electron chi connectivity index (χ4n) is 13.7. The molecule has 526 valence electrons. The second kappa shape index (κ2) is 35.2. The summed E-state index contributed by atoms with van der Waals surface area (Å²) >= 11 is 0. The number of piperidine rings is 3. The third-order valence-corrected chi connectivity index (χ3v) is 19.9. The van der Waals surface area contributed by atoms with Gasteiger partial charge in [-0.15, -0.1) is 0 Å². The number of carbonyl (C=O) groups is 2. The van der Waals surface area contributed by atoms with E-state index >= 15 is 0 Å². The van der Waals surface area contributed by atoms with Crippen LogP contribution in [0.25, 0.3) is 32.9 Å². The summed E-state index contributed by atoms with van der Waals surface area (Å²) in [5.74, 6) is 4.88. The maximum Gasteiger partial charge on any atom is 0.328 e. The number of rotatable bonds is 28. The van der Waals surface area contributed by atoms with Crippen molar-refractivity contribution in [2.45, 2.75) is 135 Å². The van der Waals surface area contributed by atoms with Gasteiger partial charge in [-0.3, -0.25) is 0 Å². The van der Waals surface area contributed by atoms with E-state index in [9.17, 15) is 9.59 Å². The zero-order valence-electron chi connectivity index (χ0n) is 58.8. The number of ether oxygens (including phenoxy) is 3. The molecule has 14 rings (SSSR count). The zero-order chi connectivity index (χ0) is 68.3. The molecule has 0 spiro atoms. The lowest BCUT2D eigenvalue weighted by atomic mass is 9.91. The predicted molar refractivity (Wildman–Crippen MR) is 387 cm³/mol. The lowest BCUT2D eigenvalue weighted by Crippen LogP contribution is -2.33. The summed E-state index contributed by atoms with van der Waals surface area (Å²) in [7, 11) is 12.5. The van der Waals surface area contributed by atoms with E-state index in [1.807, 2.05) is 0 Å². The first-order valence-electron chi connectivity index (χ1n) is 36.1. The van der Waals surface area contributed by atoms with Crippen molar-refractivity contribution in [3.63, 3.8) is 0 Å². The van der Waals surface area contributed by atoms with Gasteiger partial charge in [0.25, 0.3) is 0 Å². The third kappa shape index (κ3) is 21.0. The normalized spacial score (nSPS) is 17.1. The topological polar surface area (TPSA) is 209 Å². The highest BCUT2D eigenvalue weighted by Gasteiger charge is 2.29. The third-order valence-electron chi connectivity index (χ3n) is 19.9. The first kappa shape index (κ1) is 71.3. The Kier molecular flexibility index (Phi) is 25.6. The van der Waals surface area contributed by atoms with E-state index in [1.54, 1.807) is 0 Å². The quantitative estimate of drug-likeness (QED) is 0.0390. The van der Waals surface area contributed by atoms with Gasteiger partial charge < -0.3 is 67.8 Å². The van der Waals surface area contributed by atoms with E-state index in [4.69, 9.17) is 38.0 Å². The molecule has 0 unspecified atom stereocenters. The van der Waals surface area contributed by atoms with Crippen molar-refractivity contribution < 1.29 is 47.6 Å².